The van der Waals surface area contributed by atoms with Gasteiger partial charge in [-0.05, 0) is 12.1 Å². The molecule has 0 bridgehead atoms. The van der Waals surface area contributed by atoms with Crippen molar-refractivity contribution in [2.75, 3.05) is 21.2 Å². The van der Waals surface area contributed by atoms with E-state index in [0.717, 1.165) is 11.8 Å². The molecule has 23 heavy (non-hydrogen) atoms. The van der Waals surface area contributed by atoms with Crippen molar-refractivity contribution >= 4 is 18.4 Å². The largest absolute Gasteiger partial charge is 0.496 e. The van der Waals surface area contributed by atoms with Gasteiger partial charge >= 0.3 is 6.01 Å². The Hall–Kier alpha value is -3.03. The van der Waals surface area contributed by atoms with E-state index in [2.05, 4.69) is 20.1 Å². The summed E-state index contributed by atoms with van der Waals surface area (Å²) in [6.45, 7) is 0. The molecule has 0 atom stereocenters. The fraction of sp³-hybridized carbons (Fsp3) is 0.200. The molecule has 2 rings (SSSR count). The molecule has 1 aromatic carbocycles. The molecule has 0 fully saturated rings. The van der Waals surface area contributed by atoms with Gasteiger partial charge in [-0.25, -0.2) is 9.38 Å². The second-order valence-corrected chi connectivity index (χ2v) is 4.60. The number of rotatable bonds is 6. The number of nitrogens with zero attached hydrogens (tertiary/aromatic N) is 5. The summed E-state index contributed by atoms with van der Waals surface area (Å²) in [5.41, 5.74) is 0.725. The van der Waals surface area contributed by atoms with Crippen molar-refractivity contribution in [2.24, 2.45) is 10.1 Å². The molecular weight excluding hydrogens is 301 g/mol. The van der Waals surface area contributed by atoms with E-state index in [4.69, 9.17) is 9.57 Å². The van der Waals surface area contributed by atoms with Gasteiger partial charge in [0, 0.05) is 19.7 Å². The summed E-state index contributed by atoms with van der Waals surface area (Å²) in [6.07, 6.45) is 3.85. The van der Waals surface area contributed by atoms with E-state index in [-0.39, 0.29) is 11.8 Å². The van der Waals surface area contributed by atoms with Crippen molar-refractivity contribution in [3.05, 3.63) is 41.8 Å². The number of methoxy groups -OCH3 is 1. The number of aliphatic imine (C=N–C) groups is 1. The first-order chi connectivity index (χ1) is 11.1. The van der Waals surface area contributed by atoms with Crippen molar-refractivity contribution in [3.63, 3.8) is 0 Å². The summed E-state index contributed by atoms with van der Waals surface area (Å²) in [4.78, 5) is 18.1. The van der Waals surface area contributed by atoms with Gasteiger partial charge in [-0.1, -0.05) is 17.3 Å². The minimum absolute atomic E-state index is 0.108. The zero-order chi connectivity index (χ0) is 16.7. The van der Waals surface area contributed by atoms with Gasteiger partial charge in [-0.15, -0.1) is 0 Å². The van der Waals surface area contributed by atoms with Crippen molar-refractivity contribution in [3.8, 4) is 11.8 Å². The molecule has 1 heterocycles. The van der Waals surface area contributed by atoms with Crippen molar-refractivity contribution < 1.29 is 14.0 Å². The predicted octanol–water partition coefficient (Wildman–Crippen LogP) is 2.26. The van der Waals surface area contributed by atoms with Gasteiger partial charge in [0.15, 0.2) is 11.6 Å². The Balaban J connectivity index is 2.11. The maximum absolute atomic E-state index is 13.5. The summed E-state index contributed by atoms with van der Waals surface area (Å²) in [7, 11) is 5.08. The highest BCUT2D eigenvalue weighted by molar-refractivity contribution is 5.83. The summed E-state index contributed by atoms with van der Waals surface area (Å²) < 4.78 is 18.7. The Bertz CT molecular complexity index is 719. The van der Waals surface area contributed by atoms with Crippen LogP contribution in [0.15, 0.2) is 40.6 Å². The molecule has 8 heteroatoms. The lowest BCUT2D eigenvalue weighted by atomic mass is 10.2. The number of halogens is 1. The van der Waals surface area contributed by atoms with Crippen LogP contribution in [-0.2, 0) is 0 Å². The van der Waals surface area contributed by atoms with Gasteiger partial charge in [-0.3, -0.25) is 0 Å². The van der Waals surface area contributed by atoms with E-state index >= 15 is 0 Å². The van der Waals surface area contributed by atoms with Crippen LogP contribution in [-0.4, -0.2) is 48.6 Å². The number of ether oxygens (including phenoxy) is 1. The van der Waals surface area contributed by atoms with Crippen LogP contribution in [0.5, 0.6) is 11.8 Å². The van der Waals surface area contributed by atoms with Crippen molar-refractivity contribution in [2.45, 2.75) is 0 Å². The van der Waals surface area contributed by atoms with Crippen LogP contribution in [0.1, 0.15) is 5.56 Å². The van der Waals surface area contributed by atoms with Crippen LogP contribution in [0, 0.1) is 5.82 Å². The number of hydrogen-bond acceptors (Lipinski definition) is 6. The lowest BCUT2D eigenvalue weighted by Crippen LogP contribution is -2.07. The number of oxime groups is 1. The third-order valence-corrected chi connectivity index (χ3v) is 2.58. The third-order valence-electron chi connectivity index (χ3n) is 2.58. The maximum Gasteiger partial charge on any atom is 0.347 e. The van der Waals surface area contributed by atoms with Crippen LogP contribution in [0.2, 0.25) is 0 Å². The monoisotopic (exact) mass is 317 g/mol. The molecule has 7 nitrogen and oxygen atoms in total. The predicted molar refractivity (Wildman–Crippen MR) is 85.0 cm³/mol. The van der Waals surface area contributed by atoms with Gasteiger partial charge in [0.1, 0.15) is 5.75 Å². The first-order valence-corrected chi connectivity index (χ1v) is 6.66. The van der Waals surface area contributed by atoms with Crippen molar-refractivity contribution in [1.29, 1.82) is 0 Å². The molecule has 0 unspecified atom stereocenters. The molecule has 0 radical (unpaired) electrons. The van der Waals surface area contributed by atoms with Crippen LogP contribution < -0.4 is 9.57 Å². The molecule has 0 amide bonds. The molecule has 0 aliphatic heterocycles. The Morgan fingerprint density at radius 3 is 2.78 bits per heavy atom. The van der Waals surface area contributed by atoms with Crippen LogP contribution in [0.25, 0.3) is 0 Å². The fourth-order valence-corrected chi connectivity index (χ4v) is 1.55. The van der Waals surface area contributed by atoms with Gasteiger partial charge in [0.2, 0.25) is 0 Å². The van der Waals surface area contributed by atoms with Gasteiger partial charge < -0.3 is 14.5 Å². The second kappa shape index (κ2) is 7.83. The summed E-state index contributed by atoms with van der Waals surface area (Å²) in [6, 6.07) is 7.18. The Morgan fingerprint density at radius 1 is 1.26 bits per heavy atom. The zero-order valence-corrected chi connectivity index (χ0v) is 13.0. The number of para-hydroxylation sites is 1. The van der Waals surface area contributed by atoms with E-state index in [0.29, 0.717) is 5.75 Å². The number of aromatic nitrogens is 2. The number of benzene rings is 1. The van der Waals surface area contributed by atoms with Crippen molar-refractivity contribution in [1.82, 2.24) is 14.9 Å². The topological polar surface area (TPSA) is 72.2 Å². The minimum atomic E-state index is -0.649. The highest BCUT2D eigenvalue weighted by Crippen LogP contribution is 2.17. The molecule has 0 saturated heterocycles. The molecule has 0 spiro atoms. The lowest BCUT2D eigenvalue weighted by Gasteiger charge is -2.03. The van der Waals surface area contributed by atoms with Crippen LogP contribution in [0.3, 0.4) is 0 Å². The SMILES string of the molecule is COc1ccccc1C=NOc1ncc(F)c(N=CN(C)C)n1. The van der Waals surface area contributed by atoms with E-state index in [1.807, 2.05) is 18.2 Å². The number of hydrogen-bond donors (Lipinski definition) is 0. The van der Waals surface area contributed by atoms with Gasteiger partial charge in [-0.2, -0.15) is 9.97 Å². The van der Waals surface area contributed by atoms with Gasteiger partial charge in [0.25, 0.3) is 0 Å². The maximum atomic E-state index is 13.5. The Kier molecular flexibility index (Phi) is 5.56. The summed E-state index contributed by atoms with van der Waals surface area (Å²) >= 11 is 0. The Morgan fingerprint density at radius 2 is 2.04 bits per heavy atom. The first-order valence-electron chi connectivity index (χ1n) is 6.66. The molecule has 2 aromatic rings. The quantitative estimate of drug-likeness (QED) is 0.464. The zero-order valence-electron chi connectivity index (χ0n) is 13.0. The van der Waals surface area contributed by atoms with Crippen LogP contribution in [0.4, 0.5) is 10.2 Å². The normalized spacial score (nSPS) is 11.1. The molecule has 0 aliphatic carbocycles. The standard InChI is InChI=1S/C15H16FN5O2/c1-21(2)10-18-14-12(16)9-17-15(20-14)23-19-8-11-6-4-5-7-13(11)22-3/h4-10H,1-3H3. The molecule has 0 N–H and O–H groups in total. The molecular formula is C15H16FN5O2. The molecule has 0 saturated carbocycles. The fourth-order valence-electron chi connectivity index (χ4n) is 1.55. The van der Waals surface area contributed by atoms with E-state index in [1.165, 1.54) is 12.6 Å². The first kappa shape index (κ1) is 16.3. The third kappa shape index (κ3) is 4.73. The van der Waals surface area contributed by atoms with E-state index in [9.17, 15) is 4.39 Å². The highest BCUT2D eigenvalue weighted by Gasteiger charge is 2.06. The minimum Gasteiger partial charge on any atom is -0.496 e. The lowest BCUT2D eigenvalue weighted by molar-refractivity contribution is 0.313. The molecule has 1 aromatic heterocycles. The summed E-state index contributed by atoms with van der Waals surface area (Å²) in [5.74, 6) is -0.128. The molecule has 0 aliphatic rings. The molecule has 120 valence electrons. The smallest absolute Gasteiger partial charge is 0.347 e. The average Bonchev–Trinajstić information content (AvgIpc) is 2.55. The van der Waals surface area contributed by atoms with Crippen LogP contribution >= 0.6 is 0 Å². The average molecular weight is 317 g/mol. The second-order valence-electron chi connectivity index (χ2n) is 4.60. The summed E-state index contributed by atoms with van der Waals surface area (Å²) in [5, 5.41) is 3.77. The van der Waals surface area contributed by atoms with E-state index < -0.39 is 5.82 Å². The van der Waals surface area contributed by atoms with E-state index in [1.54, 1.807) is 32.2 Å². The Labute approximate surface area is 133 Å². The van der Waals surface area contributed by atoms with Gasteiger partial charge in [0.05, 0.1) is 25.9 Å². The highest BCUT2D eigenvalue weighted by atomic mass is 19.1.